The topological polar surface area (TPSA) is 38.3 Å². The smallest absolute Gasteiger partial charge is 0.204 e. The third kappa shape index (κ3) is 3.44. The molecule has 16 heavy (non-hydrogen) atoms. The Kier molecular flexibility index (Phi) is 5.20. The van der Waals surface area contributed by atoms with Crippen LogP contribution in [-0.2, 0) is 9.09 Å². The molecule has 90 valence electrons. The Labute approximate surface area is 97.7 Å². The monoisotopic (exact) mass is 241 g/mol. The number of benzene rings is 1. The second-order valence-electron chi connectivity index (χ2n) is 3.63. The van der Waals surface area contributed by atoms with Gasteiger partial charge in [0.2, 0.25) is 7.37 Å². The number of hydrogen-bond donors (Lipinski definition) is 1. The van der Waals surface area contributed by atoms with Crippen LogP contribution >= 0.6 is 7.37 Å². The molecule has 0 amide bonds. The molecule has 0 aliphatic carbocycles. The Morgan fingerprint density at radius 3 is 2.25 bits per heavy atom. The zero-order chi connectivity index (χ0) is 12.0. The molecule has 4 heteroatoms. The largest absolute Gasteiger partial charge is 0.305 e. The lowest BCUT2D eigenvalue weighted by molar-refractivity contribution is 0.180. The van der Waals surface area contributed by atoms with E-state index in [9.17, 15) is 4.57 Å². The van der Waals surface area contributed by atoms with Crippen molar-refractivity contribution in [3.8, 4) is 0 Å². The summed E-state index contributed by atoms with van der Waals surface area (Å²) in [4.78, 5) is 0. The summed E-state index contributed by atoms with van der Waals surface area (Å²) in [5.41, 5.74) is 1.01. The molecule has 0 saturated carbocycles. The van der Waals surface area contributed by atoms with Crippen LogP contribution in [-0.4, -0.2) is 19.4 Å². The van der Waals surface area contributed by atoms with Crippen LogP contribution in [0.1, 0.15) is 25.6 Å². The highest BCUT2D eigenvalue weighted by molar-refractivity contribution is 7.58. The van der Waals surface area contributed by atoms with Crippen LogP contribution in [0, 0.1) is 0 Å². The van der Waals surface area contributed by atoms with E-state index in [-0.39, 0.29) is 6.23 Å². The molecule has 0 spiro atoms. The molecule has 1 rings (SSSR count). The van der Waals surface area contributed by atoms with Crippen molar-refractivity contribution in [1.82, 2.24) is 5.32 Å². The van der Waals surface area contributed by atoms with Gasteiger partial charge in [0.15, 0.2) is 0 Å². The van der Waals surface area contributed by atoms with Crippen molar-refractivity contribution in [2.75, 3.05) is 19.4 Å². The second kappa shape index (κ2) is 6.19. The van der Waals surface area contributed by atoms with Gasteiger partial charge in [0, 0.05) is 12.3 Å². The molecule has 1 N–H and O–H groups in total. The summed E-state index contributed by atoms with van der Waals surface area (Å²) >= 11 is 0. The standard InChI is InChI=1S/C12H20NO2P/c1-4-16(14,5-2)15-12(13-3)11-9-7-6-8-10-11/h6-10,12-13H,4-5H2,1-3H3. The summed E-state index contributed by atoms with van der Waals surface area (Å²) in [5, 5.41) is 3.05. The summed E-state index contributed by atoms with van der Waals surface area (Å²) in [6.45, 7) is 3.81. The summed E-state index contributed by atoms with van der Waals surface area (Å²) < 4.78 is 17.9. The Morgan fingerprint density at radius 1 is 1.25 bits per heavy atom. The van der Waals surface area contributed by atoms with E-state index >= 15 is 0 Å². The van der Waals surface area contributed by atoms with Crippen LogP contribution < -0.4 is 5.32 Å². The van der Waals surface area contributed by atoms with E-state index in [1.165, 1.54) is 0 Å². The predicted molar refractivity (Wildman–Crippen MR) is 68.0 cm³/mol. The van der Waals surface area contributed by atoms with Gasteiger partial charge in [-0.2, -0.15) is 0 Å². The Balaban J connectivity index is 2.81. The van der Waals surface area contributed by atoms with E-state index in [4.69, 9.17) is 4.52 Å². The number of hydrogen-bond acceptors (Lipinski definition) is 3. The second-order valence-corrected chi connectivity index (χ2v) is 6.74. The van der Waals surface area contributed by atoms with Crippen molar-refractivity contribution in [1.29, 1.82) is 0 Å². The third-order valence-corrected chi connectivity index (χ3v) is 5.15. The lowest BCUT2D eigenvalue weighted by atomic mass is 10.2. The molecular formula is C12H20NO2P. The Hall–Kier alpha value is -0.630. The first-order valence-corrected chi connectivity index (χ1v) is 7.63. The summed E-state index contributed by atoms with van der Waals surface area (Å²) in [6.07, 6.45) is 0.871. The zero-order valence-corrected chi connectivity index (χ0v) is 11.0. The molecule has 0 fully saturated rings. The molecule has 0 aliphatic heterocycles. The van der Waals surface area contributed by atoms with Gasteiger partial charge < -0.3 is 4.52 Å². The first kappa shape index (κ1) is 13.4. The Morgan fingerprint density at radius 2 is 1.81 bits per heavy atom. The van der Waals surface area contributed by atoms with Crippen LogP contribution in [0.4, 0.5) is 0 Å². The fraction of sp³-hybridized carbons (Fsp3) is 0.500. The molecule has 1 atom stereocenters. The molecular weight excluding hydrogens is 221 g/mol. The van der Waals surface area contributed by atoms with Crippen LogP contribution in [0.2, 0.25) is 0 Å². The number of nitrogens with one attached hydrogen (secondary N) is 1. The average Bonchev–Trinajstić information content (AvgIpc) is 2.36. The van der Waals surface area contributed by atoms with Gasteiger partial charge in [-0.05, 0) is 12.6 Å². The lowest BCUT2D eigenvalue weighted by Crippen LogP contribution is -2.19. The van der Waals surface area contributed by atoms with Gasteiger partial charge in [0.25, 0.3) is 0 Å². The fourth-order valence-electron chi connectivity index (χ4n) is 1.47. The third-order valence-electron chi connectivity index (χ3n) is 2.63. The van der Waals surface area contributed by atoms with Gasteiger partial charge in [-0.3, -0.25) is 9.88 Å². The number of rotatable bonds is 6. The highest BCUT2D eigenvalue weighted by Crippen LogP contribution is 2.49. The Bertz CT molecular complexity index is 345. The SMILES string of the molecule is CCP(=O)(CC)OC(NC)c1ccccc1. The molecule has 1 aromatic rings. The normalized spacial score (nSPS) is 13.7. The van der Waals surface area contributed by atoms with Gasteiger partial charge in [0.05, 0.1) is 0 Å². The van der Waals surface area contributed by atoms with Gasteiger partial charge in [0.1, 0.15) is 6.23 Å². The maximum Gasteiger partial charge on any atom is 0.204 e. The minimum atomic E-state index is -2.48. The summed E-state index contributed by atoms with van der Waals surface area (Å²) in [5.74, 6) is 0. The van der Waals surface area contributed by atoms with Crippen LogP contribution in [0.25, 0.3) is 0 Å². The summed E-state index contributed by atoms with van der Waals surface area (Å²) in [7, 11) is -0.669. The highest BCUT2D eigenvalue weighted by Gasteiger charge is 2.23. The average molecular weight is 241 g/mol. The van der Waals surface area contributed by atoms with Crippen molar-refractivity contribution < 1.29 is 9.09 Å². The lowest BCUT2D eigenvalue weighted by Gasteiger charge is -2.23. The van der Waals surface area contributed by atoms with Crippen molar-refractivity contribution in [2.45, 2.75) is 20.1 Å². The molecule has 3 nitrogen and oxygen atoms in total. The van der Waals surface area contributed by atoms with Crippen LogP contribution in [0.15, 0.2) is 30.3 Å². The minimum absolute atomic E-state index is 0.285. The van der Waals surface area contributed by atoms with E-state index in [1.807, 2.05) is 51.2 Å². The van der Waals surface area contributed by atoms with Crippen molar-refractivity contribution in [3.05, 3.63) is 35.9 Å². The van der Waals surface area contributed by atoms with Gasteiger partial charge in [-0.15, -0.1) is 0 Å². The quantitative estimate of drug-likeness (QED) is 0.613. The predicted octanol–water partition coefficient (Wildman–Crippen LogP) is 3.24. The van der Waals surface area contributed by atoms with Crippen molar-refractivity contribution >= 4 is 7.37 Å². The van der Waals surface area contributed by atoms with Gasteiger partial charge in [-0.1, -0.05) is 44.2 Å². The molecule has 0 saturated heterocycles. The van der Waals surface area contributed by atoms with E-state index in [0.29, 0.717) is 12.3 Å². The molecule has 1 unspecified atom stereocenters. The van der Waals surface area contributed by atoms with E-state index in [2.05, 4.69) is 5.32 Å². The highest BCUT2D eigenvalue weighted by atomic mass is 31.2. The van der Waals surface area contributed by atoms with Crippen molar-refractivity contribution in [3.63, 3.8) is 0 Å². The molecule has 0 heterocycles. The molecule has 0 aliphatic rings. The van der Waals surface area contributed by atoms with Gasteiger partial charge in [-0.25, -0.2) is 0 Å². The first-order valence-electron chi connectivity index (χ1n) is 5.64. The first-order chi connectivity index (χ1) is 7.65. The van der Waals surface area contributed by atoms with Crippen molar-refractivity contribution in [2.24, 2.45) is 0 Å². The van der Waals surface area contributed by atoms with Crippen LogP contribution in [0.5, 0.6) is 0 Å². The maximum absolute atomic E-state index is 12.2. The molecule has 0 radical (unpaired) electrons. The minimum Gasteiger partial charge on any atom is -0.305 e. The maximum atomic E-state index is 12.2. The fourth-order valence-corrected chi connectivity index (χ4v) is 2.83. The van der Waals surface area contributed by atoms with Gasteiger partial charge >= 0.3 is 0 Å². The molecule has 0 aromatic heterocycles. The van der Waals surface area contributed by atoms with E-state index in [0.717, 1.165) is 5.56 Å². The zero-order valence-electron chi connectivity index (χ0n) is 10.1. The van der Waals surface area contributed by atoms with Crippen LogP contribution in [0.3, 0.4) is 0 Å². The van der Waals surface area contributed by atoms with E-state index < -0.39 is 7.37 Å². The molecule has 1 aromatic carbocycles. The summed E-state index contributed by atoms with van der Waals surface area (Å²) in [6, 6.07) is 9.79. The molecule has 0 bridgehead atoms. The van der Waals surface area contributed by atoms with E-state index in [1.54, 1.807) is 0 Å².